The number of rotatable bonds is 5. The molecule has 0 aliphatic carbocycles. The number of carbonyl (C=O) groups is 2. The monoisotopic (exact) mass is 408 g/mol. The standard InChI is InChI=1S/C22H20N2O6/c1-11-19(21(25)23-3)15-7-5-13(9-17(15)27-11)29-30-14-6-8-16-18(10-14)28-12(2)20(16)22(26)24-4/h5-10H,1-4H3,(H,23,25)(H,24,26). The van der Waals surface area contributed by atoms with Crippen LogP contribution in [0.5, 0.6) is 11.5 Å². The first-order valence-electron chi connectivity index (χ1n) is 9.28. The molecule has 154 valence electrons. The van der Waals surface area contributed by atoms with Crippen LogP contribution in [0.1, 0.15) is 32.2 Å². The molecule has 0 radical (unpaired) electrons. The van der Waals surface area contributed by atoms with Crippen LogP contribution in [0.25, 0.3) is 21.9 Å². The van der Waals surface area contributed by atoms with Crippen molar-refractivity contribution >= 4 is 33.8 Å². The van der Waals surface area contributed by atoms with E-state index in [1.165, 1.54) is 0 Å². The summed E-state index contributed by atoms with van der Waals surface area (Å²) in [6.45, 7) is 3.46. The van der Waals surface area contributed by atoms with Crippen molar-refractivity contribution in [2.24, 2.45) is 0 Å². The molecule has 0 bridgehead atoms. The summed E-state index contributed by atoms with van der Waals surface area (Å²) in [5.74, 6) is 1.42. The van der Waals surface area contributed by atoms with Gasteiger partial charge in [-0.05, 0) is 38.1 Å². The van der Waals surface area contributed by atoms with Crippen molar-refractivity contribution in [3.63, 3.8) is 0 Å². The van der Waals surface area contributed by atoms with Crippen molar-refractivity contribution in [2.45, 2.75) is 13.8 Å². The summed E-state index contributed by atoms with van der Waals surface area (Å²) in [5, 5.41) is 6.58. The fourth-order valence-corrected chi connectivity index (χ4v) is 3.41. The summed E-state index contributed by atoms with van der Waals surface area (Å²) < 4.78 is 11.3. The normalized spacial score (nSPS) is 10.9. The summed E-state index contributed by atoms with van der Waals surface area (Å²) in [4.78, 5) is 34.9. The Kier molecular flexibility index (Phi) is 4.83. The third kappa shape index (κ3) is 3.22. The van der Waals surface area contributed by atoms with E-state index < -0.39 is 0 Å². The molecule has 4 aromatic rings. The fourth-order valence-electron chi connectivity index (χ4n) is 3.41. The number of furan rings is 2. The van der Waals surface area contributed by atoms with Crippen molar-refractivity contribution < 1.29 is 28.2 Å². The van der Waals surface area contributed by atoms with E-state index in [1.807, 2.05) is 0 Å². The maximum absolute atomic E-state index is 12.0. The molecule has 0 aliphatic heterocycles. The molecule has 2 N–H and O–H groups in total. The van der Waals surface area contributed by atoms with Gasteiger partial charge in [0.2, 0.25) is 0 Å². The Morgan fingerprint density at radius 2 is 1.13 bits per heavy atom. The van der Waals surface area contributed by atoms with E-state index in [9.17, 15) is 9.59 Å². The molecule has 0 unspecified atom stereocenters. The maximum Gasteiger partial charge on any atom is 0.255 e. The number of aryl methyl sites for hydroxylation is 2. The summed E-state index contributed by atoms with van der Waals surface area (Å²) in [6.07, 6.45) is 0. The zero-order valence-electron chi connectivity index (χ0n) is 16.9. The molecular weight excluding hydrogens is 388 g/mol. The second-order valence-electron chi connectivity index (χ2n) is 6.71. The molecule has 0 saturated heterocycles. The van der Waals surface area contributed by atoms with Crippen molar-refractivity contribution in [3.8, 4) is 11.5 Å². The van der Waals surface area contributed by atoms with Gasteiger partial charge in [0.25, 0.3) is 11.8 Å². The number of amides is 2. The quantitative estimate of drug-likeness (QED) is 0.384. The van der Waals surface area contributed by atoms with Gasteiger partial charge in [0.15, 0.2) is 11.5 Å². The SMILES string of the molecule is CNC(=O)c1c(C)oc2cc(OOc3ccc4c(C(=O)NC)c(C)oc4c3)ccc12. The Bertz CT molecular complexity index is 1180. The topological polar surface area (TPSA) is 103 Å². The summed E-state index contributed by atoms with van der Waals surface area (Å²) in [6, 6.07) is 10.1. The van der Waals surface area contributed by atoms with Crippen molar-refractivity contribution in [3.05, 3.63) is 59.0 Å². The molecule has 0 fully saturated rings. The van der Waals surface area contributed by atoms with Crippen molar-refractivity contribution in [1.82, 2.24) is 10.6 Å². The number of carbonyl (C=O) groups excluding carboxylic acids is 2. The lowest BCUT2D eigenvalue weighted by atomic mass is 10.1. The first kappa shape index (κ1) is 19.4. The number of hydrogen-bond donors (Lipinski definition) is 2. The third-order valence-electron chi connectivity index (χ3n) is 4.82. The molecular formula is C22H20N2O6. The van der Waals surface area contributed by atoms with Crippen LogP contribution in [-0.4, -0.2) is 25.9 Å². The zero-order chi connectivity index (χ0) is 21.4. The summed E-state index contributed by atoms with van der Waals surface area (Å²) >= 11 is 0. The molecule has 0 saturated carbocycles. The molecule has 30 heavy (non-hydrogen) atoms. The van der Waals surface area contributed by atoms with E-state index in [4.69, 9.17) is 18.6 Å². The van der Waals surface area contributed by atoms with Crippen LogP contribution in [-0.2, 0) is 0 Å². The van der Waals surface area contributed by atoms with Gasteiger partial charge in [-0.1, -0.05) is 0 Å². The van der Waals surface area contributed by atoms with Gasteiger partial charge in [0.05, 0.1) is 11.1 Å². The molecule has 2 aromatic heterocycles. The van der Waals surface area contributed by atoms with E-state index in [0.29, 0.717) is 56.1 Å². The Morgan fingerprint density at radius 1 is 0.733 bits per heavy atom. The molecule has 4 rings (SSSR count). The smallest absolute Gasteiger partial charge is 0.255 e. The largest absolute Gasteiger partial charge is 0.460 e. The predicted octanol–water partition coefficient (Wildman–Crippen LogP) is 3.89. The Morgan fingerprint density at radius 3 is 1.50 bits per heavy atom. The number of hydrogen-bond acceptors (Lipinski definition) is 6. The minimum absolute atomic E-state index is 0.214. The minimum atomic E-state index is -0.214. The molecule has 0 atom stereocenters. The van der Waals surface area contributed by atoms with Crippen LogP contribution in [0.4, 0.5) is 0 Å². The average Bonchev–Trinajstić information content (AvgIpc) is 3.25. The van der Waals surface area contributed by atoms with Gasteiger partial charge >= 0.3 is 0 Å². The predicted molar refractivity (Wildman–Crippen MR) is 110 cm³/mol. The molecule has 2 amide bonds. The van der Waals surface area contributed by atoms with E-state index in [2.05, 4.69) is 10.6 Å². The minimum Gasteiger partial charge on any atom is -0.460 e. The Labute approximate surface area is 171 Å². The highest BCUT2D eigenvalue weighted by molar-refractivity contribution is 6.08. The lowest BCUT2D eigenvalue weighted by Crippen LogP contribution is -2.18. The highest BCUT2D eigenvalue weighted by atomic mass is 17.2. The van der Waals surface area contributed by atoms with Crippen LogP contribution >= 0.6 is 0 Å². The van der Waals surface area contributed by atoms with Gasteiger partial charge < -0.3 is 19.5 Å². The number of nitrogens with one attached hydrogen (secondary N) is 2. The van der Waals surface area contributed by atoms with Crippen molar-refractivity contribution in [1.29, 1.82) is 0 Å². The van der Waals surface area contributed by atoms with Gasteiger partial charge in [-0.2, -0.15) is 0 Å². The molecule has 8 nitrogen and oxygen atoms in total. The Balaban J connectivity index is 1.57. The lowest BCUT2D eigenvalue weighted by Gasteiger charge is -2.06. The van der Waals surface area contributed by atoms with E-state index >= 15 is 0 Å². The zero-order valence-corrected chi connectivity index (χ0v) is 16.9. The average molecular weight is 408 g/mol. The summed E-state index contributed by atoms with van der Waals surface area (Å²) in [7, 11) is 3.14. The van der Waals surface area contributed by atoms with Crippen LogP contribution < -0.4 is 20.4 Å². The second-order valence-corrected chi connectivity index (χ2v) is 6.71. The molecule has 8 heteroatoms. The van der Waals surface area contributed by atoms with E-state index in [-0.39, 0.29) is 11.8 Å². The van der Waals surface area contributed by atoms with Gasteiger partial charge in [-0.15, -0.1) is 0 Å². The van der Waals surface area contributed by atoms with Gasteiger partial charge in [0, 0.05) is 37.0 Å². The van der Waals surface area contributed by atoms with Crippen molar-refractivity contribution in [2.75, 3.05) is 14.1 Å². The third-order valence-corrected chi connectivity index (χ3v) is 4.82. The van der Waals surface area contributed by atoms with Gasteiger partial charge in [-0.25, -0.2) is 0 Å². The second kappa shape index (κ2) is 7.47. The van der Waals surface area contributed by atoms with Gasteiger partial charge in [0.1, 0.15) is 22.7 Å². The molecule has 2 aromatic carbocycles. The van der Waals surface area contributed by atoms with Gasteiger partial charge in [-0.3, -0.25) is 19.4 Å². The number of fused-ring (bicyclic) bond motifs is 2. The Hall–Kier alpha value is -3.94. The first-order chi connectivity index (χ1) is 14.4. The molecule has 0 spiro atoms. The first-order valence-corrected chi connectivity index (χ1v) is 9.28. The highest BCUT2D eigenvalue weighted by Crippen LogP contribution is 2.31. The van der Waals surface area contributed by atoms with Crippen LogP contribution in [0, 0.1) is 13.8 Å². The summed E-state index contributed by atoms with van der Waals surface area (Å²) in [5.41, 5.74) is 2.01. The highest BCUT2D eigenvalue weighted by Gasteiger charge is 2.19. The maximum atomic E-state index is 12.0. The molecule has 2 heterocycles. The number of benzene rings is 2. The fraction of sp³-hybridized carbons (Fsp3) is 0.182. The van der Waals surface area contributed by atoms with Crippen LogP contribution in [0.2, 0.25) is 0 Å². The molecule has 0 aliphatic rings. The van der Waals surface area contributed by atoms with E-state index in [1.54, 1.807) is 64.3 Å². The van der Waals surface area contributed by atoms with E-state index in [0.717, 1.165) is 0 Å². The van der Waals surface area contributed by atoms with Crippen LogP contribution in [0.15, 0.2) is 45.2 Å². The lowest BCUT2D eigenvalue weighted by molar-refractivity contribution is -0.0998. The van der Waals surface area contributed by atoms with Crippen LogP contribution in [0.3, 0.4) is 0 Å².